The van der Waals surface area contributed by atoms with Gasteiger partial charge in [-0.15, -0.1) is 0 Å². The van der Waals surface area contributed by atoms with E-state index in [2.05, 4.69) is 20.1 Å². The van der Waals surface area contributed by atoms with Gasteiger partial charge in [-0.25, -0.2) is 4.98 Å². The summed E-state index contributed by atoms with van der Waals surface area (Å²) >= 11 is 0. The Morgan fingerprint density at radius 2 is 2.10 bits per heavy atom. The molecule has 1 amide bonds. The molecule has 1 fully saturated rings. The van der Waals surface area contributed by atoms with E-state index in [0.717, 1.165) is 38.5 Å². The van der Waals surface area contributed by atoms with E-state index in [9.17, 15) is 4.79 Å². The molecule has 0 aromatic carbocycles. The van der Waals surface area contributed by atoms with Gasteiger partial charge in [-0.2, -0.15) is 0 Å². The van der Waals surface area contributed by atoms with Crippen LogP contribution in [-0.4, -0.2) is 60.6 Å². The summed E-state index contributed by atoms with van der Waals surface area (Å²) in [7, 11) is 0. The van der Waals surface area contributed by atoms with Crippen LogP contribution in [0.4, 0.5) is 5.82 Å². The number of carbonyl (C=O) groups excluding carboxylic acids is 1. The highest BCUT2D eigenvalue weighted by Crippen LogP contribution is 2.14. The molecule has 1 aromatic heterocycles. The zero-order valence-corrected chi connectivity index (χ0v) is 12.9. The number of nitrogens with zero attached hydrogens (tertiary/aromatic N) is 3. The summed E-state index contributed by atoms with van der Waals surface area (Å²) in [6.07, 6.45) is 1.82. The van der Waals surface area contributed by atoms with Crippen molar-refractivity contribution >= 4 is 11.7 Å². The third-order valence-corrected chi connectivity index (χ3v) is 4.00. The molecule has 2 rings (SSSR count). The average molecular weight is 291 g/mol. The van der Waals surface area contributed by atoms with E-state index in [1.54, 1.807) is 0 Å². The van der Waals surface area contributed by atoms with Gasteiger partial charge >= 0.3 is 0 Å². The lowest BCUT2D eigenvalue weighted by Gasteiger charge is -2.39. The van der Waals surface area contributed by atoms with Gasteiger partial charge in [0.25, 0.3) is 0 Å². The van der Waals surface area contributed by atoms with Crippen molar-refractivity contribution in [3.05, 3.63) is 24.4 Å². The van der Waals surface area contributed by atoms with Crippen molar-refractivity contribution in [2.75, 3.05) is 44.2 Å². The summed E-state index contributed by atoms with van der Waals surface area (Å²) < 4.78 is 0. The number of aromatic nitrogens is 1. The molecular formula is C15H25N5O. The largest absolute Gasteiger partial charge is 0.368 e. The van der Waals surface area contributed by atoms with Gasteiger partial charge in [0.15, 0.2) is 0 Å². The summed E-state index contributed by atoms with van der Waals surface area (Å²) in [5.74, 6) is 0.720. The molecule has 1 unspecified atom stereocenters. The normalized spacial score (nSPS) is 19.2. The van der Waals surface area contributed by atoms with Crippen LogP contribution in [0, 0.1) is 0 Å². The van der Waals surface area contributed by atoms with E-state index >= 15 is 0 Å². The first-order valence-corrected chi connectivity index (χ1v) is 7.48. The SMILES string of the molecule is CCNC(C)(CN1CCN(c2ccccn2)CC1)C(N)=O. The van der Waals surface area contributed by atoms with Crippen molar-refractivity contribution in [3.8, 4) is 0 Å². The van der Waals surface area contributed by atoms with E-state index < -0.39 is 5.54 Å². The van der Waals surface area contributed by atoms with Gasteiger partial charge in [0.05, 0.1) is 0 Å². The molecule has 3 N–H and O–H groups in total. The Morgan fingerprint density at radius 1 is 1.38 bits per heavy atom. The Labute approximate surface area is 126 Å². The van der Waals surface area contributed by atoms with Crippen LogP contribution in [-0.2, 0) is 4.79 Å². The number of piperazine rings is 1. The third kappa shape index (κ3) is 3.92. The highest BCUT2D eigenvalue weighted by molar-refractivity contribution is 5.84. The Kier molecular flexibility index (Phi) is 5.14. The molecule has 1 aliphatic heterocycles. The highest BCUT2D eigenvalue weighted by Gasteiger charge is 2.33. The Bertz CT molecular complexity index is 458. The van der Waals surface area contributed by atoms with Crippen LogP contribution >= 0.6 is 0 Å². The van der Waals surface area contributed by atoms with Crippen LogP contribution < -0.4 is 16.0 Å². The number of likely N-dealkylation sites (N-methyl/N-ethyl adjacent to an activating group) is 1. The van der Waals surface area contributed by atoms with Crippen LogP contribution in [0.2, 0.25) is 0 Å². The lowest BCUT2D eigenvalue weighted by molar-refractivity contribution is -0.124. The van der Waals surface area contributed by atoms with Crippen molar-refractivity contribution in [1.82, 2.24) is 15.2 Å². The smallest absolute Gasteiger partial charge is 0.238 e. The van der Waals surface area contributed by atoms with Gasteiger partial charge in [-0.3, -0.25) is 9.69 Å². The van der Waals surface area contributed by atoms with Crippen LogP contribution in [0.15, 0.2) is 24.4 Å². The molecule has 6 nitrogen and oxygen atoms in total. The zero-order valence-electron chi connectivity index (χ0n) is 12.9. The average Bonchev–Trinajstić information content (AvgIpc) is 2.49. The quantitative estimate of drug-likeness (QED) is 0.775. The Balaban J connectivity index is 1.90. The van der Waals surface area contributed by atoms with Crippen molar-refractivity contribution in [2.45, 2.75) is 19.4 Å². The molecule has 0 bridgehead atoms. The van der Waals surface area contributed by atoms with Crippen LogP contribution in [0.3, 0.4) is 0 Å². The van der Waals surface area contributed by atoms with E-state index in [1.165, 1.54) is 0 Å². The molecule has 0 spiro atoms. The van der Waals surface area contributed by atoms with Gasteiger partial charge in [0.2, 0.25) is 5.91 Å². The molecule has 1 aromatic rings. The molecule has 2 heterocycles. The zero-order chi connectivity index (χ0) is 15.3. The second-order valence-corrected chi connectivity index (χ2v) is 5.68. The second-order valence-electron chi connectivity index (χ2n) is 5.68. The number of hydrogen-bond acceptors (Lipinski definition) is 5. The fourth-order valence-electron chi connectivity index (χ4n) is 2.73. The molecule has 1 aliphatic rings. The number of rotatable bonds is 6. The molecule has 116 valence electrons. The fourth-order valence-corrected chi connectivity index (χ4v) is 2.73. The maximum absolute atomic E-state index is 11.7. The molecule has 0 aliphatic carbocycles. The number of nitrogens with one attached hydrogen (secondary N) is 1. The maximum atomic E-state index is 11.7. The number of amides is 1. The number of nitrogens with two attached hydrogens (primary N) is 1. The predicted octanol–water partition coefficient (Wildman–Crippen LogP) is 0.0571. The lowest BCUT2D eigenvalue weighted by atomic mass is 10.00. The number of carbonyl (C=O) groups is 1. The summed E-state index contributed by atoms with van der Waals surface area (Å²) in [6.45, 7) is 8.88. The van der Waals surface area contributed by atoms with Crippen molar-refractivity contribution in [1.29, 1.82) is 0 Å². The minimum Gasteiger partial charge on any atom is -0.368 e. The van der Waals surface area contributed by atoms with Crippen LogP contribution in [0.25, 0.3) is 0 Å². The Morgan fingerprint density at radius 3 is 2.62 bits per heavy atom. The van der Waals surface area contributed by atoms with Crippen molar-refractivity contribution in [2.24, 2.45) is 5.73 Å². The minimum absolute atomic E-state index is 0.295. The number of hydrogen-bond donors (Lipinski definition) is 2. The molecule has 0 saturated carbocycles. The monoisotopic (exact) mass is 291 g/mol. The first kappa shape index (κ1) is 15.7. The number of pyridine rings is 1. The molecule has 1 saturated heterocycles. The fraction of sp³-hybridized carbons (Fsp3) is 0.600. The standard InChI is InChI=1S/C15H25N5O/c1-3-18-15(2,14(16)21)12-19-8-10-20(11-9-19)13-6-4-5-7-17-13/h4-7,18H,3,8-12H2,1-2H3,(H2,16,21). The van der Waals surface area contributed by atoms with Gasteiger partial charge in [-0.05, 0) is 25.6 Å². The molecular weight excluding hydrogens is 266 g/mol. The molecule has 6 heteroatoms. The van der Waals surface area contributed by atoms with E-state index in [-0.39, 0.29) is 5.91 Å². The lowest BCUT2D eigenvalue weighted by Crippen LogP contribution is -2.61. The third-order valence-electron chi connectivity index (χ3n) is 4.00. The summed E-state index contributed by atoms with van der Waals surface area (Å²) in [6, 6.07) is 5.96. The van der Waals surface area contributed by atoms with Gasteiger partial charge in [0, 0.05) is 38.9 Å². The predicted molar refractivity (Wildman–Crippen MR) is 84.2 cm³/mol. The van der Waals surface area contributed by atoms with E-state index in [1.807, 2.05) is 38.2 Å². The van der Waals surface area contributed by atoms with Gasteiger partial charge in [-0.1, -0.05) is 13.0 Å². The Hall–Kier alpha value is -1.66. The number of primary amides is 1. The van der Waals surface area contributed by atoms with E-state index in [4.69, 9.17) is 5.73 Å². The van der Waals surface area contributed by atoms with Crippen LogP contribution in [0.1, 0.15) is 13.8 Å². The summed E-state index contributed by atoms with van der Waals surface area (Å²) in [4.78, 5) is 20.6. The molecule has 0 radical (unpaired) electrons. The van der Waals surface area contributed by atoms with Crippen LogP contribution in [0.5, 0.6) is 0 Å². The van der Waals surface area contributed by atoms with Crippen molar-refractivity contribution in [3.63, 3.8) is 0 Å². The summed E-state index contributed by atoms with van der Waals surface area (Å²) in [5.41, 5.74) is 4.88. The minimum atomic E-state index is -0.665. The molecule has 21 heavy (non-hydrogen) atoms. The van der Waals surface area contributed by atoms with Crippen molar-refractivity contribution < 1.29 is 4.79 Å². The highest BCUT2D eigenvalue weighted by atomic mass is 16.1. The first-order chi connectivity index (χ1) is 10.0. The summed E-state index contributed by atoms with van der Waals surface area (Å²) in [5, 5.41) is 3.21. The molecule has 1 atom stereocenters. The first-order valence-electron chi connectivity index (χ1n) is 7.48. The second kappa shape index (κ2) is 6.87. The topological polar surface area (TPSA) is 74.5 Å². The van der Waals surface area contributed by atoms with Gasteiger partial charge in [0.1, 0.15) is 11.4 Å². The van der Waals surface area contributed by atoms with Gasteiger partial charge < -0.3 is 16.0 Å². The number of anilines is 1. The maximum Gasteiger partial charge on any atom is 0.238 e. The van der Waals surface area contributed by atoms with E-state index in [0.29, 0.717) is 6.54 Å².